The summed E-state index contributed by atoms with van der Waals surface area (Å²) in [5.41, 5.74) is 1.21. The van der Waals surface area contributed by atoms with Crippen LogP contribution in [-0.4, -0.2) is 53.0 Å². The van der Waals surface area contributed by atoms with Gasteiger partial charge in [-0.2, -0.15) is 0 Å². The number of nitrogens with one attached hydrogen (secondary N) is 2. The summed E-state index contributed by atoms with van der Waals surface area (Å²) in [7, 11) is 3.48. The quantitative estimate of drug-likeness (QED) is 0.450. The van der Waals surface area contributed by atoms with Crippen LogP contribution in [0.5, 0.6) is 11.5 Å². The van der Waals surface area contributed by atoms with Crippen molar-refractivity contribution < 1.29 is 14.2 Å². The normalized spacial score (nSPS) is 13.8. The Morgan fingerprint density at radius 1 is 1.18 bits per heavy atom. The zero-order valence-corrected chi connectivity index (χ0v) is 13.4. The van der Waals surface area contributed by atoms with Crippen molar-refractivity contribution in [2.24, 2.45) is 4.99 Å². The molecule has 6 nitrogen and oxygen atoms in total. The Morgan fingerprint density at radius 2 is 1.95 bits per heavy atom. The molecule has 2 N–H and O–H groups in total. The van der Waals surface area contributed by atoms with E-state index in [0.717, 1.165) is 50.0 Å². The SMILES string of the molecule is CN=C(NCCCOC)NCCc1ccc2c(c1)OCCO2. The van der Waals surface area contributed by atoms with Crippen molar-refractivity contribution >= 4 is 5.96 Å². The van der Waals surface area contributed by atoms with Gasteiger partial charge in [0.2, 0.25) is 0 Å². The highest BCUT2D eigenvalue weighted by Crippen LogP contribution is 2.30. The highest BCUT2D eigenvalue weighted by atomic mass is 16.6. The van der Waals surface area contributed by atoms with Gasteiger partial charge in [0, 0.05) is 33.9 Å². The maximum absolute atomic E-state index is 5.60. The average Bonchev–Trinajstić information content (AvgIpc) is 2.57. The van der Waals surface area contributed by atoms with Gasteiger partial charge in [0.25, 0.3) is 0 Å². The molecule has 0 spiro atoms. The fourth-order valence-electron chi connectivity index (χ4n) is 2.21. The van der Waals surface area contributed by atoms with Gasteiger partial charge in [-0.25, -0.2) is 0 Å². The van der Waals surface area contributed by atoms with E-state index in [0.29, 0.717) is 13.2 Å². The highest BCUT2D eigenvalue weighted by Gasteiger charge is 2.11. The van der Waals surface area contributed by atoms with Crippen molar-refractivity contribution in [3.63, 3.8) is 0 Å². The lowest BCUT2D eigenvalue weighted by Gasteiger charge is -2.19. The molecule has 1 aliphatic rings. The Morgan fingerprint density at radius 3 is 2.73 bits per heavy atom. The summed E-state index contributed by atoms with van der Waals surface area (Å²) in [4.78, 5) is 4.20. The van der Waals surface area contributed by atoms with E-state index in [2.05, 4.69) is 21.7 Å². The molecule has 1 aromatic rings. The molecule has 0 bridgehead atoms. The van der Waals surface area contributed by atoms with Crippen molar-refractivity contribution in [3.05, 3.63) is 23.8 Å². The third-order valence-corrected chi connectivity index (χ3v) is 3.35. The van der Waals surface area contributed by atoms with Crippen LogP contribution in [0.25, 0.3) is 0 Å². The van der Waals surface area contributed by atoms with E-state index in [1.54, 1.807) is 14.2 Å². The molecule has 0 aromatic heterocycles. The minimum absolute atomic E-state index is 0.618. The van der Waals surface area contributed by atoms with E-state index < -0.39 is 0 Å². The molecule has 122 valence electrons. The van der Waals surface area contributed by atoms with Crippen molar-refractivity contribution in [1.82, 2.24) is 10.6 Å². The predicted molar refractivity (Wildman–Crippen MR) is 87.0 cm³/mol. The van der Waals surface area contributed by atoms with Crippen LogP contribution < -0.4 is 20.1 Å². The maximum Gasteiger partial charge on any atom is 0.190 e. The lowest BCUT2D eigenvalue weighted by atomic mass is 10.1. The van der Waals surface area contributed by atoms with Crippen molar-refractivity contribution in [3.8, 4) is 11.5 Å². The Labute approximate surface area is 131 Å². The molecular formula is C16H25N3O3. The second-order valence-corrected chi connectivity index (χ2v) is 5.00. The van der Waals surface area contributed by atoms with Crippen LogP contribution in [0.1, 0.15) is 12.0 Å². The maximum atomic E-state index is 5.60. The van der Waals surface area contributed by atoms with Gasteiger partial charge in [0.05, 0.1) is 0 Å². The van der Waals surface area contributed by atoms with Gasteiger partial charge >= 0.3 is 0 Å². The van der Waals surface area contributed by atoms with Gasteiger partial charge < -0.3 is 24.8 Å². The van der Waals surface area contributed by atoms with Gasteiger partial charge in [-0.3, -0.25) is 4.99 Å². The van der Waals surface area contributed by atoms with Crippen LogP contribution in [0.3, 0.4) is 0 Å². The number of benzene rings is 1. The molecule has 0 saturated heterocycles. The lowest BCUT2D eigenvalue weighted by Crippen LogP contribution is -2.39. The third-order valence-electron chi connectivity index (χ3n) is 3.35. The molecule has 1 heterocycles. The number of methoxy groups -OCH3 is 1. The van der Waals surface area contributed by atoms with E-state index in [1.807, 2.05) is 12.1 Å². The largest absolute Gasteiger partial charge is 0.486 e. The summed E-state index contributed by atoms with van der Waals surface area (Å²) < 4.78 is 16.1. The number of hydrogen-bond donors (Lipinski definition) is 2. The molecule has 6 heteroatoms. The zero-order valence-electron chi connectivity index (χ0n) is 13.4. The van der Waals surface area contributed by atoms with Gasteiger partial charge in [-0.1, -0.05) is 6.07 Å². The average molecular weight is 307 g/mol. The third kappa shape index (κ3) is 5.11. The number of rotatable bonds is 7. The highest BCUT2D eigenvalue weighted by molar-refractivity contribution is 5.79. The number of hydrogen-bond acceptors (Lipinski definition) is 4. The number of guanidine groups is 1. The summed E-state index contributed by atoms with van der Waals surface area (Å²) in [5.74, 6) is 2.48. The molecule has 0 atom stereocenters. The van der Waals surface area contributed by atoms with E-state index >= 15 is 0 Å². The topological polar surface area (TPSA) is 64.1 Å². The lowest BCUT2D eigenvalue weighted by molar-refractivity contribution is 0.171. The molecule has 0 saturated carbocycles. The number of ether oxygens (including phenoxy) is 3. The van der Waals surface area contributed by atoms with Crippen molar-refractivity contribution in [2.45, 2.75) is 12.8 Å². The molecule has 0 radical (unpaired) electrons. The summed E-state index contributed by atoms with van der Waals surface area (Å²) in [6.07, 6.45) is 1.86. The molecule has 0 fully saturated rings. The Kier molecular flexibility index (Phi) is 6.83. The minimum atomic E-state index is 0.618. The van der Waals surface area contributed by atoms with E-state index in [9.17, 15) is 0 Å². The molecular weight excluding hydrogens is 282 g/mol. The van der Waals surface area contributed by atoms with Gasteiger partial charge in [0.1, 0.15) is 13.2 Å². The fourth-order valence-corrected chi connectivity index (χ4v) is 2.21. The monoisotopic (exact) mass is 307 g/mol. The summed E-state index contributed by atoms with van der Waals surface area (Å²) in [6.45, 7) is 3.65. The van der Waals surface area contributed by atoms with Crippen LogP contribution in [0.2, 0.25) is 0 Å². The first kappa shape index (κ1) is 16.4. The van der Waals surface area contributed by atoms with E-state index in [1.165, 1.54) is 5.56 Å². The van der Waals surface area contributed by atoms with Crippen LogP contribution in [0, 0.1) is 0 Å². The predicted octanol–water partition coefficient (Wildman–Crippen LogP) is 1.20. The molecule has 0 unspecified atom stereocenters. The van der Waals surface area contributed by atoms with Crippen molar-refractivity contribution in [2.75, 3.05) is 47.1 Å². The van der Waals surface area contributed by atoms with E-state index in [4.69, 9.17) is 14.2 Å². The molecule has 1 aromatic carbocycles. The van der Waals surface area contributed by atoms with Crippen LogP contribution >= 0.6 is 0 Å². The number of nitrogens with zero attached hydrogens (tertiary/aromatic N) is 1. The molecule has 2 rings (SSSR count). The fraction of sp³-hybridized carbons (Fsp3) is 0.562. The molecule has 0 amide bonds. The van der Waals surface area contributed by atoms with Gasteiger partial charge in [0.15, 0.2) is 17.5 Å². The Balaban J connectivity index is 1.73. The smallest absolute Gasteiger partial charge is 0.190 e. The minimum Gasteiger partial charge on any atom is -0.486 e. The van der Waals surface area contributed by atoms with Crippen molar-refractivity contribution in [1.29, 1.82) is 0 Å². The first-order chi connectivity index (χ1) is 10.8. The summed E-state index contributed by atoms with van der Waals surface area (Å²) in [5, 5.41) is 6.56. The van der Waals surface area contributed by atoms with E-state index in [-0.39, 0.29) is 0 Å². The van der Waals surface area contributed by atoms with Crippen LogP contribution in [0.15, 0.2) is 23.2 Å². The Bertz CT molecular complexity index is 492. The van der Waals surface area contributed by atoms with Crippen LogP contribution in [-0.2, 0) is 11.2 Å². The molecule has 22 heavy (non-hydrogen) atoms. The number of aliphatic imine (C=N–C) groups is 1. The first-order valence-electron chi connectivity index (χ1n) is 7.65. The summed E-state index contributed by atoms with van der Waals surface area (Å²) >= 11 is 0. The first-order valence-corrected chi connectivity index (χ1v) is 7.65. The zero-order chi connectivity index (χ0) is 15.6. The number of fused-ring (bicyclic) bond motifs is 1. The second kappa shape index (κ2) is 9.15. The Hall–Kier alpha value is -1.95. The molecule has 1 aliphatic heterocycles. The second-order valence-electron chi connectivity index (χ2n) is 5.00. The van der Waals surface area contributed by atoms with Crippen LogP contribution in [0.4, 0.5) is 0 Å². The van der Waals surface area contributed by atoms with Gasteiger partial charge in [-0.15, -0.1) is 0 Å². The standard InChI is InChI=1S/C16H25N3O3/c1-17-16(18-7-3-9-20-2)19-8-6-13-4-5-14-15(12-13)22-11-10-21-14/h4-5,12H,3,6-11H2,1-2H3,(H2,17,18,19). The van der Waals surface area contributed by atoms with Gasteiger partial charge in [-0.05, 0) is 30.5 Å². The summed E-state index contributed by atoms with van der Waals surface area (Å²) in [6, 6.07) is 6.09. The molecule has 0 aliphatic carbocycles.